The van der Waals surface area contributed by atoms with Crippen molar-refractivity contribution >= 4 is 46.7 Å². The Kier molecular flexibility index (Phi) is 5.07. The molecule has 2 fully saturated rings. The van der Waals surface area contributed by atoms with Gasteiger partial charge in [0.05, 0.1) is 11.6 Å². The maximum atomic E-state index is 12.5. The molecule has 29 heavy (non-hydrogen) atoms. The highest BCUT2D eigenvalue weighted by atomic mass is 35.5. The highest BCUT2D eigenvalue weighted by molar-refractivity contribution is 6.30. The van der Waals surface area contributed by atoms with E-state index in [-0.39, 0.29) is 49.3 Å². The van der Waals surface area contributed by atoms with Crippen LogP contribution in [0.15, 0.2) is 48.5 Å². The van der Waals surface area contributed by atoms with Gasteiger partial charge < -0.3 is 9.64 Å². The fourth-order valence-corrected chi connectivity index (χ4v) is 3.59. The van der Waals surface area contributed by atoms with E-state index in [2.05, 4.69) is 0 Å². The topological polar surface area (TPSA) is 84.0 Å². The standard InChI is InChI=1S/C21H17ClN2O5/c22-14-1-3-15(4-2-14)23-12-13(11-20(23)27)21(28)29-17-7-5-16(6-8-17)24-18(25)9-10-19(24)26/h1-8,13H,9-12H2/t13-/m1/s1. The van der Waals surface area contributed by atoms with Crippen molar-refractivity contribution in [2.45, 2.75) is 19.3 Å². The van der Waals surface area contributed by atoms with Gasteiger partial charge in [-0.05, 0) is 48.5 Å². The largest absolute Gasteiger partial charge is 0.426 e. The van der Waals surface area contributed by atoms with E-state index in [4.69, 9.17) is 16.3 Å². The van der Waals surface area contributed by atoms with E-state index in [0.29, 0.717) is 16.4 Å². The fourth-order valence-electron chi connectivity index (χ4n) is 3.46. The van der Waals surface area contributed by atoms with Gasteiger partial charge in [0.1, 0.15) is 5.75 Å². The van der Waals surface area contributed by atoms with Crippen molar-refractivity contribution in [1.29, 1.82) is 0 Å². The van der Waals surface area contributed by atoms with Crippen LogP contribution in [-0.2, 0) is 19.2 Å². The van der Waals surface area contributed by atoms with E-state index in [1.165, 1.54) is 17.0 Å². The third-order valence-corrected chi connectivity index (χ3v) is 5.21. The minimum atomic E-state index is -0.584. The number of carbonyl (C=O) groups excluding carboxylic acids is 4. The number of nitrogens with zero attached hydrogens (tertiary/aromatic N) is 2. The third kappa shape index (κ3) is 3.86. The minimum Gasteiger partial charge on any atom is -0.426 e. The predicted molar refractivity (Wildman–Crippen MR) is 106 cm³/mol. The van der Waals surface area contributed by atoms with E-state index in [9.17, 15) is 19.2 Å². The lowest BCUT2D eigenvalue weighted by atomic mass is 10.1. The number of halogens is 1. The van der Waals surface area contributed by atoms with Gasteiger partial charge in [-0.3, -0.25) is 24.1 Å². The molecule has 8 heteroatoms. The van der Waals surface area contributed by atoms with Crippen molar-refractivity contribution in [3.05, 3.63) is 53.6 Å². The molecule has 2 aliphatic rings. The van der Waals surface area contributed by atoms with Gasteiger partial charge in [-0.25, -0.2) is 0 Å². The van der Waals surface area contributed by atoms with E-state index in [1.54, 1.807) is 36.4 Å². The van der Waals surface area contributed by atoms with Crippen molar-refractivity contribution in [2.75, 3.05) is 16.3 Å². The van der Waals surface area contributed by atoms with E-state index >= 15 is 0 Å². The molecule has 0 saturated carbocycles. The molecule has 2 aromatic carbocycles. The summed E-state index contributed by atoms with van der Waals surface area (Å²) in [6.07, 6.45) is 0.473. The van der Waals surface area contributed by atoms with Gasteiger partial charge in [-0.15, -0.1) is 0 Å². The molecular weight excluding hydrogens is 396 g/mol. The van der Waals surface area contributed by atoms with Crippen molar-refractivity contribution in [3.8, 4) is 5.75 Å². The van der Waals surface area contributed by atoms with Crippen LogP contribution in [0.3, 0.4) is 0 Å². The number of anilines is 2. The molecular formula is C21H17ClN2O5. The zero-order valence-electron chi connectivity index (χ0n) is 15.3. The normalized spacial score (nSPS) is 19.2. The van der Waals surface area contributed by atoms with Crippen LogP contribution in [0.1, 0.15) is 19.3 Å². The Bertz CT molecular complexity index is 971. The molecule has 0 aromatic heterocycles. The first-order valence-electron chi connectivity index (χ1n) is 9.16. The predicted octanol–water partition coefficient (Wildman–Crippen LogP) is 2.95. The van der Waals surface area contributed by atoms with Gasteiger partial charge in [-0.2, -0.15) is 0 Å². The van der Waals surface area contributed by atoms with Gasteiger partial charge in [0, 0.05) is 36.5 Å². The molecule has 1 atom stereocenters. The summed E-state index contributed by atoms with van der Waals surface area (Å²) in [5.74, 6) is -1.44. The van der Waals surface area contributed by atoms with Gasteiger partial charge in [0.2, 0.25) is 17.7 Å². The second-order valence-corrected chi connectivity index (χ2v) is 7.36. The molecule has 2 heterocycles. The van der Waals surface area contributed by atoms with Crippen LogP contribution in [0.25, 0.3) is 0 Å². The second kappa shape index (κ2) is 7.67. The molecule has 0 spiro atoms. The van der Waals surface area contributed by atoms with Crippen molar-refractivity contribution < 1.29 is 23.9 Å². The molecule has 4 rings (SSSR count). The summed E-state index contributed by atoms with van der Waals surface area (Å²) in [5, 5.41) is 0.567. The number of ether oxygens (including phenoxy) is 1. The first-order chi connectivity index (χ1) is 13.9. The summed E-state index contributed by atoms with van der Waals surface area (Å²) in [6, 6.07) is 13.0. The van der Waals surface area contributed by atoms with Gasteiger partial charge in [-0.1, -0.05) is 11.6 Å². The van der Waals surface area contributed by atoms with E-state index < -0.39 is 11.9 Å². The Morgan fingerprint density at radius 3 is 2.07 bits per heavy atom. The molecule has 148 valence electrons. The number of hydrogen-bond acceptors (Lipinski definition) is 5. The lowest BCUT2D eigenvalue weighted by Crippen LogP contribution is -2.28. The van der Waals surface area contributed by atoms with Crippen LogP contribution in [0, 0.1) is 5.92 Å². The Labute approximate surface area is 171 Å². The molecule has 3 amide bonds. The zero-order valence-corrected chi connectivity index (χ0v) is 16.1. The lowest BCUT2D eigenvalue weighted by Gasteiger charge is -2.17. The molecule has 7 nitrogen and oxygen atoms in total. The molecule has 0 unspecified atom stereocenters. The Balaban J connectivity index is 1.40. The summed E-state index contributed by atoms with van der Waals surface area (Å²) in [6.45, 7) is 0.230. The molecule has 2 aliphatic heterocycles. The minimum absolute atomic E-state index is 0.0658. The smallest absolute Gasteiger partial charge is 0.316 e. The number of benzene rings is 2. The first kappa shape index (κ1) is 19.1. The lowest BCUT2D eigenvalue weighted by molar-refractivity contribution is -0.139. The first-order valence-corrected chi connectivity index (χ1v) is 9.53. The number of amides is 3. The SMILES string of the molecule is O=C(Oc1ccc(N2C(=O)CCC2=O)cc1)[C@@H]1CC(=O)N(c2ccc(Cl)cc2)C1. The average Bonchev–Trinajstić information content (AvgIpc) is 3.25. The monoisotopic (exact) mass is 412 g/mol. The number of hydrogen-bond donors (Lipinski definition) is 0. The molecule has 0 bridgehead atoms. The van der Waals surface area contributed by atoms with Crippen LogP contribution in [0.2, 0.25) is 5.02 Å². The Morgan fingerprint density at radius 2 is 1.45 bits per heavy atom. The summed E-state index contributed by atoms with van der Waals surface area (Å²) in [7, 11) is 0. The van der Waals surface area contributed by atoms with Gasteiger partial charge in [0.25, 0.3) is 0 Å². The summed E-state index contributed by atoms with van der Waals surface area (Å²) in [4.78, 5) is 51.0. The summed E-state index contributed by atoms with van der Waals surface area (Å²) in [5.41, 5.74) is 1.13. The maximum Gasteiger partial charge on any atom is 0.316 e. The van der Waals surface area contributed by atoms with E-state index in [0.717, 1.165) is 4.90 Å². The number of carbonyl (C=O) groups is 4. The van der Waals surface area contributed by atoms with Crippen LogP contribution >= 0.6 is 11.6 Å². The van der Waals surface area contributed by atoms with Crippen LogP contribution in [-0.4, -0.2) is 30.2 Å². The Morgan fingerprint density at radius 1 is 0.862 bits per heavy atom. The Hall–Kier alpha value is -3.19. The van der Waals surface area contributed by atoms with Crippen LogP contribution in [0.5, 0.6) is 5.75 Å². The van der Waals surface area contributed by atoms with Crippen LogP contribution < -0.4 is 14.5 Å². The fraction of sp³-hybridized carbons (Fsp3) is 0.238. The number of imide groups is 1. The highest BCUT2D eigenvalue weighted by Crippen LogP contribution is 2.29. The summed E-state index contributed by atoms with van der Waals surface area (Å²) < 4.78 is 5.39. The molecule has 0 aliphatic carbocycles. The zero-order chi connectivity index (χ0) is 20.5. The van der Waals surface area contributed by atoms with Crippen molar-refractivity contribution in [1.82, 2.24) is 0 Å². The highest BCUT2D eigenvalue weighted by Gasteiger charge is 2.36. The maximum absolute atomic E-state index is 12.5. The van der Waals surface area contributed by atoms with Crippen LogP contribution in [0.4, 0.5) is 11.4 Å². The van der Waals surface area contributed by atoms with Gasteiger partial charge >= 0.3 is 5.97 Å². The quantitative estimate of drug-likeness (QED) is 0.438. The molecule has 0 N–H and O–H groups in total. The van der Waals surface area contributed by atoms with Crippen molar-refractivity contribution in [2.24, 2.45) is 5.92 Å². The third-order valence-electron chi connectivity index (χ3n) is 4.96. The number of rotatable bonds is 4. The number of esters is 1. The molecule has 2 aromatic rings. The van der Waals surface area contributed by atoms with Crippen molar-refractivity contribution in [3.63, 3.8) is 0 Å². The second-order valence-electron chi connectivity index (χ2n) is 6.92. The summed E-state index contributed by atoms with van der Waals surface area (Å²) >= 11 is 5.87. The molecule has 2 saturated heterocycles. The van der Waals surface area contributed by atoms with E-state index in [1.807, 2.05) is 0 Å². The molecule has 0 radical (unpaired) electrons. The van der Waals surface area contributed by atoms with Gasteiger partial charge in [0.15, 0.2) is 0 Å². The average molecular weight is 413 g/mol.